The first-order valence-corrected chi connectivity index (χ1v) is 7.83. The van der Waals surface area contributed by atoms with Crippen molar-refractivity contribution in [3.05, 3.63) is 29.3 Å². The summed E-state index contributed by atoms with van der Waals surface area (Å²) in [6, 6.07) is 5.76. The molecular formula is C16H22N2O2S. The van der Waals surface area contributed by atoms with E-state index in [1.165, 1.54) is 4.88 Å². The van der Waals surface area contributed by atoms with E-state index in [0.717, 1.165) is 35.2 Å². The molecular weight excluding hydrogens is 284 g/mol. The average Bonchev–Trinajstić information content (AvgIpc) is 2.95. The van der Waals surface area contributed by atoms with Gasteiger partial charge in [-0.1, -0.05) is 13.8 Å². The molecule has 0 unspecified atom stereocenters. The maximum Gasteiger partial charge on any atom is 0.129 e. The molecule has 0 amide bonds. The van der Waals surface area contributed by atoms with Gasteiger partial charge < -0.3 is 14.8 Å². The lowest BCUT2D eigenvalue weighted by Crippen LogP contribution is -2.18. The molecule has 0 aliphatic heterocycles. The van der Waals surface area contributed by atoms with Gasteiger partial charge in [-0.25, -0.2) is 4.98 Å². The first kappa shape index (κ1) is 15.8. The van der Waals surface area contributed by atoms with Crippen molar-refractivity contribution in [1.29, 1.82) is 0 Å². The second-order valence-corrected chi connectivity index (χ2v) is 6.34. The van der Waals surface area contributed by atoms with E-state index in [-0.39, 0.29) is 0 Å². The van der Waals surface area contributed by atoms with Gasteiger partial charge in [0.15, 0.2) is 0 Å². The molecule has 0 radical (unpaired) electrons. The van der Waals surface area contributed by atoms with Crippen LogP contribution in [-0.4, -0.2) is 25.7 Å². The zero-order chi connectivity index (χ0) is 15.2. The summed E-state index contributed by atoms with van der Waals surface area (Å²) < 4.78 is 10.7. The summed E-state index contributed by atoms with van der Waals surface area (Å²) in [4.78, 5) is 5.73. The van der Waals surface area contributed by atoms with Gasteiger partial charge in [-0.05, 0) is 30.7 Å². The topological polar surface area (TPSA) is 43.4 Å². The van der Waals surface area contributed by atoms with Crippen molar-refractivity contribution in [2.75, 3.05) is 20.8 Å². The zero-order valence-electron chi connectivity index (χ0n) is 13.0. The number of hydrogen-bond acceptors (Lipinski definition) is 5. The highest BCUT2D eigenvalue weighted by Gasteiger charge is 2.12. The minimum absolute atomic E-state index is 0.649. The van der Waals surface area contributed by atoms with E-state index in [2.05, 4.69) is 24.1 Å². The first-order valence-electron chi connectivity index (χ1n) is 7.02. The Morgan fingerprint density at radius 3 is 2.71 bits per heavy atom. The van der Waals surface area contributed by atoms with Gasteiger partial charge in [0.1, 0.15) is 16.5 Å². The molecule has 0 saturated heterocycles. The number of methoxy groups -OCH3 is 2. The second kappa shape index (κ2) is 7.43. The van der Waals surface area contributed by atoms with Crippen LogP contribution in [0.1, 0.15) is 18.7 Å². The highest BCUT2D eigenvalue weighted by atomic mass is 32.1. The number of thiazole rings is 1. The number of benzene rings is 1. The van der Waals surface area contributed by atoms with Crippen molar-refractivity contribution in [3.8, 4) is 22.1 Å². The molecule has 0 fully saturated rings. The molecule has 0 spiro atoms. The smallest absolute Gasteiger partial charge is 0.129 e. The van der Waals surface area contributed by atoms with Crippen molar-refractivity contribution < 1.29 is 9.47 Å². The summed E-state index contributed by atoms with van der Waals surface area (Å²) in [6.07, 6.45) is 1.92. The lowest BCUT2D eigenvalue weighted by atomic mass is 10.2. The van der Waals surface area contributed by atoms with Crippen molar-refractivity contribution in [3.63, 3.8) is 0 Å². The van der Waals surface area contributed by atoms with Crippen LogP contribution in [0.25, 0.3) is 10.6 Å². The predicted molar refractivity (Wildman–Crippen MR) is 87.2 cm³/mol. The molecule has 114 valence electrons. The Morgan fingerprint density at radius 1 is 1.24 bits per heavy atom. The quantitative estimate of drug-likeness (QED) is 0.849. The molecule has 1 N–H and O–H groups in total. The SMILES string of the molecule is COc1ccc(OC)c(-c2ncc(CNCC(C)C)s2)c1. The van der Waals surface area contributed by atoms with Crippen LogP contribution in [0.3, 0.4) is 0 Å². The number of nitrogens with one attached hydrogen (secondary N) is 1. The number of hydrogen-bond donors (Lipinski definition) is 1. The Hall–Kier alpha value is -1.59. The first-order chi connectivity index (χ1) is 10.1. The maximum atomic E-state index is 5.42. The van der Waals surface area contributed by atoms with Crippen LogP contribution >= 0.6 is 11.3 Å². The largest absolute Gasteiger partial charge is 0.497 e. The highest BCUT2D eigenvalue weighted by molar-refractivity contribution is 7.15. The average molecular weight is 306 g/mol. The van der Waals surface area contributed by atoms with Gasteiger partial charge in [0.25, 0.3) is 0 Å². The van der Waals surface area contributed by atoms with Crippen molar-refractivity contribution in [2.24, 2.45) is 5.92 Å². The summed E-state index contributed by atoms with van der Waals surface area (Å²) >= 11 is 1.68. The van der Waals surface area contributed by atoms with Crippen LogP contribution in [0.2, 0.25) is 0 Å². The molecule has 2 rings (SSSR count). The van der Waals surface area contributed by atoms with E-state index in [0.29, 0.717) is 5.92 Å². The highest BCUT2D eigenvalue weighted by Crippen LogP contribution is 2.35. The number of nitrogens with zero attached hydrogens (tertiary/aromatic N) is 1. The maximum absolute atomic E-state index is 5.42. The fourth-order valence-corrected chi connectivity index (χ4v) is 2.88. The van der Waals surface area contributed by atoms with Gasteiger partial charge in [-0.15, -0.1) is 11.3 Å². The Kier molecular flexibility index (Phi) is 5.59. The third-order valence-corrected chi connectivity index (χ3v) is 4.07. The van der Waals surface area contributed by atoms with Crippen LogP contribution in [0.15, 0.2) is 24.4 Å². The Morgan fingerprint density at radius 2 is 2.05 bits per heavy atom. The van der Waals surface area contributed by atoms with Crippen LogP contribution in [0, 0.1) is 5.92 Å². The molecule has 0 aliphatic rings. The molecule has 21 heavy (non-hydrogen) atoms. The molecule has 0 bridgehead atoms. The second-order valence-electron chi connectivity index (χ2n) is 5.22. The van der Waals surface area contributed by atoms with Gasteiger partial charge in [0.2, 0.25) is 0 Å². The van der Waals surface area contributed by atoms with Gasteiger partial charge in [-0.2, -0.15) is 0 Å². The zero-order valence-corrected chi connectivity index (χ0v) is 13.8. The molecule has 0 saturated carbocycles. The Labute approximate surface area is 130 Å². The monoisotopic (exact) mass is 306 g/mol. The Bertz CT molecular complexity index is 581. The standard InChI is InChI=1S/C16H22N2O2S/c1-11(2)8-17-9-13-10-18-16(21-13)14-7-12(19-3)5-6-15(14)20-4/h5-7,10-11,17H,8-9H2,1-4H3. The van der Waals surface area contributed by atoms with Crippen LogP contribution in [0.4, 0.5) is 0 Å². The third-order valence-electron chi connectivity index (χ3n) is 3.04. The molecule has 5 heteroatoms. The fraction of sp³-hybridized carbons (Fsp3) is 0.438. The van der Waals surface area contributed by atoms with E-state index in [1.54, 1.807) is 25.6 Å². The molecule has 0 atom stereocenters. The van der Waals surface area contributed by atoms with Crippen molar-refractivity contribution in [1.82, 2.24) is 10.3 Å². The minimum Gasteiger partial charge on any atom is -0.497 e. The van der Waals surface area contributed by atoms with E-state index in [1.807, 2.05) is 24.4 Å². The summed E-state index contributed by atoms with van der Waals surface area (Å²) in [5.41, 5.74) is 0.969. The minimum atomic E-state index is 0.649. The van der Waals surface area contributed by atoms with E-state index in [4.69, 9.17) is 9.47 Å². The molecule has 1 heterocycles. The molecule has 1 aromatic carbocycles. The lowest BCUT2D eigenvalue weighted by Gasteiger charge is -2.08. The third kappa shape index (κ3) is 4.19. The van der Waals surface area contributed by atoms with Gasteiger partial charge in [0, 0.05) is 17.6 Å². The lowest BCUT2D eigenvalue weighted by molar-refractivity contribution is 0.404. The van der Waals surface area contributed by atoms with E-state index in [9.17, 15) is 0 Å². The van der Waals surface area contributed by atoms with E-state index < -0.39 is 0 Å². The van der Waals surface area contributed by atoms with E-state index >= 15 is 0 Å². The fourth-order valence-electron chi connectivity index (χ4n) is 1.98. The summed E-state index contributed by atoms with van der Waals surface area (Å²) in [5.74, 6) is 2.27. The van der Waals surface area contributed by atoms with Gasteiger partial charge in [-0.3, -0.25) is 0 Å². The Balaban J connectivity index is 2.16. The number of aromatic nitrogens is 1. The van der Waals surface area contributed by atoms with Crippen molar-refractivity contribution in [2.45, 2.75) is 20.4 Å². The van der Waals surface area contributed by atoms with Crippen LogP contribution in [0.5, 0.6) is 11.5 Å². The molecule has 2 aromatic rings. The van der Waals surface area contributed by atoms with Crippen LogP contribution in [-0.2, 0) is 6.54 Å². The van der Waals surface area contributed by atoms with Crippen LogP contribution < -0.4 is 14.8 Å². The predicted octanol–water partition coefficient (Wildman–Crippen LogP) is 3.57. The summed E-state index contributed by atoms with van der Waals surface area (Å²) in [6.45, 7) is 6.26. The van der Waals surface area contributed by atoms with Crippen molar-refractivity contribution >= 4 is 11.3 Å². The number of ether oxygens (including phenoxy) is 2. The number of rotatable bonds is 7. The molecule has 1 aromatic heterocycles. The summed E-state index contributed by atoms with van der Waals surface area (Å²) in [5, 5.41) is 4.38. The molecule has 0 aliphatic carbocycles. The summed E-state index contributed by atoms with van der Waals surface area (Å²) in [7, 11) is 3.33. The van der Waals surface area contributed by atoms with Gasteiger partial charge in [0.05, 0.1) is 19.8 Å². The normalized spacial score (nSPS) is 10.9. The van der Waals surface area contributed by atoms with Gasteiger partial charge >= 0.3 is 0 Å². The molecule has 4 nitrogen and oxygen atoms in total.